The number of rotatable bonds is 6. The largest absolute Gasteiger partial charge is 0.457 e. The number of nitrogens with zero attached hydrogens (tertiary/aromatic N) is 2. The standard InChI is InChI=1S/C20H19N3O3/c1-13-6-8-14(9-7-13)17(24)10-11-19(25)26-12-18-22-16-5-3-2-4-15(16)20(21)23-18/h2-9H,10-12H2,1H3,(H2,21,22,23). The molecule has 0 aliphatic carbocycles. The highest BCUT2D eigenvalue weighted by Crippen LogP contribution is 2.17. The zero-order valence-corrected chi connectivity index (χ0v) is 14.4. The molecule has 2 aromatic carbocycles. The monoisotopic (exact) mass is 349 g/mol. The molecule has 3 rings (SSSR count). The Morgan fingerprint density at radius 3 is 2.50 bits per heavy atom. The van der Waals surface area contributed by atoms with Crippen molar-refractivity contribution < 1.29 is 14.3 Å². The van der Waals surface area contributed by atoms with Gasteiger partial charge in [0.2, 0.25) is 0 Å². The van der Waals surface area contributed by atoms with E-state index in [1.165, 1.54) is 0 Å². The topological polar surface area (TPSA) is 95.2 Å². The van der Waals surface area contributed by atoms with Gasteiger partial charge in [-0.25, -0.2) is 9.97 Å². The number of para-hydroxylation sites is 1. The van der Waals surface area contributed by atoms with Crippen LogP contribution >= 0.6 is 0 Å². The Balaban J connectivity index is 1.54. The van der Waals surface area contributed by atoms with Crippen molar-refractivity contribution in [1.29, 1.82) is 0 Å². The number of benzene rings is 2. The minimum atomic E-state index is -0.471. The summed E-state index contributed by atoms with van der Waals surface area (Å²) in [7, 11) is 0. The highest BCUT2D eigenvalue weighted by atomic mass is 16.5. The summed E-state index contributed by atoms with van der Waals surface area (Å²) >= 11 is 0. The van der Waals surface area contributed by atoms with E-state index in [0.717, 1.165) is 10.9 Å². The summed E-state index contributed by atoms with van der Waals surface area (Å²) in [5.74, 6) is 0.115. The SMILES string of the molecule is Cc1ccc(C(=O)CCC(=O)OCc2nc(N)c3ccccc3n2)cc1. The Kier molecular flexibility index (Phi) is 5.22. The van der Waals surface area contributed by atoms with Gasteiger partial charge in [0.05, 0.1) is 11.9 Å². The number of hydrogen-bond acceptors (Lipinski definition) is 6. The maximum atomic E-state index is 12.1. The molecule has 0 unspecified atom stereocenters. The zero-order chi connectivity index (χ0) is 18.5. The van der Waals surface area contributed by atoms with E-state index in [4.69, 9.17) is 10.5 Å². The molecular weight excluding hydrogens is 330 g/mol. The Morgan fingerprint density at radius 1 is 1.00 bits per heavy atom. The maximum Gasteiger partial charge on any atom is 0.306 e. The average Bonchev–Trinajstić information content (AvgIpc) is 2.65. The fourth-order valence-electron chi connectivity index (χ4n) is 2.53. The number of ether oxygens (including phenoxy) is 1. The van der Waals surface area contributed by atoms with Crippen molar-refractivity contribution in [2.45, 2.75) is 26.4 Å². The summed E-state index contributed by atoms with van der Waals surface area (Å²) in [6, 6.07) is 14.6. The molecule has 0 spiro atoms. The van der Waals surface area contributed by atoms with Gasteiger partial charge in [-0.2, -0.15) is 0 Å². The second-order valence-electron chi connectivity index (χ2n) is 5.99. The number of aromatic nitrogens is 2. The first-order valence-corrected chi connectivity index (χ1v) is 8.29. The molecule has 2 N–H and O–H groups in total. The van der Waals surface area contributed by atoms with Crippen LogP contribution in [0, 0.1) is 6.92 Å². The van der Waals surface area contributed by atoms with E-state index < -0.39 is 5.97 Å². The van der Waals surface area contributed by atoms with E-state index in [1.54, 1.807) is 12.1 Å². The van der Waals surface area contributed by atoms with Crippen molar-refractivity contribution in [2.75, 3.05) is 5.73 Å². The fourth-order valence-corrected chi connectivity index (χ4v) is 2.53. The molecule has 6 heteroatoms. The summed E-state index contributed by atoms with van der Waals surface area (Å²) in [5.41, 5.74) is 8.27. The van der Waals surface area contributed by atoms with Crippen LogP contribution < -0.4 is 5.73 Å². The van der Waals surface area contributed by atoms with E-state index in [0.29, 0.717) is 22.7 Å². The second-order valence-corrected chi connectivity index (χ2v) is 5.99. The van der Waals surface area contributed by atoms with E-state index in [9.17, 15) is 9.59 Å². The lowest BCUT2D eigenvalue weighted by Gasteiger charge is -2.07. The number of fused-ring (bicyclic) bond motifs is 1. The first-order valence-electron chi connectivity index (χ1n) is 8.29. The third-order valence-electron chi connectivity index (χ3n) is 3.97. The molecule has 6 nitrogen and oxygen atoms in total. The van der Waals surface area contributed by atoms with Gasteiger partial charge in [-0.3, -0.25) is 9.59 Å². The van der Waals surface area contributed by atoms with E-state index in [1.807, 2.05) is 43.3 Å². The molecule has 0 aliphatic heterocycles. The summed E-state index contributed by atoms with van der Waals surface area (Å²) in [6.07, 6.45) is 0.110. The third-order valence-corrected chi connectivity index (χ3v) is 3.97. The lowest BCUT2D eigenvalue weighted by molar-refractivity contribution is -0.145. The first-order chi connectivity index (χ1) is 12.5. The number of hydrogen-bond donors (Lipinski definition) is 1. The third kappa shape index (κ3) is 4.22. The molecule has 0 bridgehead atoms. The van der Waals surface area contributed by atoms with Crippen LogP contribution in [-0.4, -0.2) is 21.7 Å². The van der Waals surface area contributed by atoms with E-state index in [-0.39, 0.29) is 25.2 Å². The summed E-state index contributed by atoms with van der Waals surface area (Å²) in [4.78, 5) is 32.4. The summed E-state index contributed by atoms with van der Waals surface area (Å²) in [6.45, 7) is 1.87. The fraction of sp³-hybridized carbons (Fsp3) is 0.200. The smallest absolute Gasteiger partial charge is 0.306 e. The van der Waals surface area contributed by atoms with Crippen LogP contribution in [0.1, 0.15) is 34.6 Å². The number of ketones is 1. The van der Waals surface area contributed by atoms with Crippen LogP contribution in [0.5, 0.6) is 0 Å². The quantitative estimate of drug-likeness (QED) is 0.542. The number of anilines is 1. The molecule has 0 amide bonds. The molecule has 0 atom stereocenters. The maximum absolute atomic E-state index is 12.1. The highest BCUT2D eigenvalue weighted by molar-refractivity contribution is 5.97. The van der Waals surface area contributed by atoms with Gasteiger partial charge in [-0.1, -0.05) is 42.0 Å². The predicted octanol–water partition coefficient (Wildman–Crippen LogP) is 3.23. The summed E-state index contributed by atoms with van der Waals surface area (Å²) < 4.78 is 5.17. The molecule has 26 heavy (non-hydrogen) atoms. The van der Waals surface area contributed by atoms with Gasteiger partial charge in [-0.15, -0.1) is 0 Å². The Morgan fingerprint density at radius 2 is 1.73 bits per heavy atom. The van der Waals surface area contributed by atoms with Crippen LogP contribution in [0.4, 0.5) is 5.82 Å². The Bertz CT molecular complexity index is 952. The molecule has 0 saturated heterocycles. The molecule has 0 radical (unpaired) electrons. The Hall–Kier alpha value is -3.28. The van der Waals surface area contributed by atoms with E-state index >= 15 is 0 Å². The van der Waals surface area contributed by atoms with Crippen LogP contribution in [-0.2, 0) is 16.1 Å². The molecule has 1 aromatic heterocycles. The van der Waals surface area contributed by atoms with Crippen molar-refractivity contribution in [2.24, 2.45) is 0 Å². The van der Waals surface area contributed by atoms with Gasteiger partial charge >= 0.3 is 5.97 Å². The highest BCUT2D eigenvalue weighted by Gasteiger charge is 2.12. The van der Waals surface area contributed by atoms with Gasteiger partial charge in [0.15, 0.2) is 18.2 Å². The predicted molar refractivity (Wildman–Crippen MR) is 98.5 cm³/mol. The molecule has 0 fully saturated rings. The lowest BCUT2D eigenvalue weighted by Crippen LogP contribution is -2.10. The van der Waals surface area contributed by atoms with E-state index in [2.05, 4.69) is 9.97 Å². The lowest BCUT2D eigenvalue weighted by atomic mass is 10.1. The number of nitrogen functional groups attached to an aromatic ring is 1. The number of nitrogens with two attached hydrogens (primary N) is 1. The number of Topliss-reactive ketones (excluding diaryl/α,β-unsaturated/α-hetero) is 1. The molecular formula is C20H19N3O3. The van der Waals surface area contributed by atoms with Gasteiger partial charge in [0.1, 0.15) is 5.82 Å². The normalized spacial score (nSPS) is 10.7. The van der Waals surface area contributed by atoms with Crippen LogP contribution in [0.2, 0.25) is 0 Å². The first kappa shape index (κ1) is 17.5. The number of carbonyl (C=O) groups is 2. The van der Waals surface area contributed by atoms with Crippen LogP contribution in [0.25, 0.3) is 10.9 Å². The van der Waals surface area contributed by atoms with Crippen molar-refractivity contribution in [3.63, 3.8) is 0 Å². The summed E-state index contributed by atoms with van der Waals surface area (Å²) in [5, 5.41) is 0.756. The number of carbonyl (C=O) groups excluding carboxylic acids is 2. The minimum absolute atomic E-state index is 0.00970. The van der Waals surface area contributed by atoms with Crippen LogP contribution in [0.3, 0.4) is 0 Å². The van der Waals surface area contributed by atoms with Gasteiger partial charge < -0.3 is 10.5 Å². The van der Waals surface area contributed by atoms with Crippen molar-refractivity contribution in [3.05, 3.63) is 65.5 Å². The Labute approximate surface area is 151 Å². The van der Waals surface area contributed by atoms with Crippen molar-refractivity contribution in [1.82, 2.24) is 9.97 Å². The van der Waals surface area contributed by atoms with Crippen molar-refractivity contribution in [3.8, 4) is 0 Å². The van der Waals surface area contributed by atoms with Crippen LogP contribution in [0.15, 0.2) is 48.5 Å². The molecule has 1 heterocycles. The second kappa shape index (κ2) is 7.74. The zero-order valence-electron chi connectivity index (χ0n) is 14.4. The number of aryl methyl sites for hydroxylation is 1. The van der Waals surface area contributed by atoms with Gasteiger partial charge in [0, 0.05) is 17.4 Å². The molecule has 3 aromatic rings. The number of esters is 1. The van der Waals surface area contributed by atoms with Crippen molar-refractivity contribution >= 4 is 28.5 Å². The molecule has 0 aliphatic rings. The molecule has 132 valence electrons. The van der Waals surface area contributed by atoms with Gasteiger partial charge in [-0.05, 0) is 19.1 Å². The average molecular weight is 349 g/mol. The minimum Gasteiger partial charge on any atom is -0.457 e. The molecule has 0 saturated carbocycles. The van der Waals surface area contributed by atoms with Gasteiger partial charge in [0.25, 0.3) is 0 Å².